The van der Waals surface area contributed by atoms with Crippen LogP contribution in [0.15, 0.2) is 48.5 Å². The number of nitrogens with one attached hydrogen (secondary N) is 1. The molecule has 0 bridgehead atoms. The third-order valence-corrected chi connectivity index (χ3v) is 4.39. The first-order valence-electron chi connectivity index (χ1n) is 8.08. The quantitative estimate of drug-likeness (QED) is 0.935. The van der Waals surface area contributed by atoms with Gasteiger partial charge in [-0.15, -0.1) is 0 Å². The van der Waals surface area contributed by atoms with Crippen molar-refractivity contribution in [3.63, 3.8) is 0 Å². The van der Waals surface area contributed by atoms with Gasteiger partial charge in [-0.3, -0.25) is 4.79 Å². The summed E-state index contributed by atoms with van der Waals surface area (Å²) < 4.78 is 12.0. The van der Waals surface area contributed by atoms with Crippen LogP contribution in [0.2, 0.25) is 0 Å². The van der Waals surface area contributed by atoms with E-state index in [-0.39, 0.29) is 5.91 Å². The van der Waals surface area contributed by atoms with E-state index >= 15 is 0 Å². The predicted molar refractivity (Wildman–Crippen MR) is 87.7 cm³/mol. The van der Waals surface area contributed by atoms with E-state index in [4.69, 9.17) is 9.47 Å². The summed E-state index contributed by atoms with van der Waals surface area (Å²) in [6.07, 6.45) is 4.48. The molecule has 118 valence electrons. The van der Waals surface area contributed by atoms with Gasteiger partial charge >= 0.3 is 0 Å². The summed E-state index contributed by atoms with van der Waals surface area (Å²) in [5, 5.41) is 2.92. The lowest BCUT2D eigenvalue weighted by Crippen LogP contribution is -2.34. The molecule has 0 unspecified atom stereocenters. The van der Waals surface area contributed by atoms with Crippen LogP contribution >= 0.6 is 0 Å². The maximum atomic E-state index is 12.1. The van der Waals surface area contributed by atoms with Gasteiger partial charge in [0.25, 0.3) is 5.79 Å². The molecule has 1 fully saturated rings. The second-order valence-electron chi connectivity index (χ2n) is 6.19. The Morgan fingerprint density at radius 2 is 1.74 bits per heavy atom. The number of anilines is 1. The highest BCUT2D eigenvalue weighted by atomic mass is 16.7. The van der Waals surface area contributed by atoms with Crippen LogP contribution in [-0.2, 0) is 11.2 Å². The van der Waals surface area contributed by atoms with Crippen molar-refractivity contribution in [3.8, 4) is 11.5 Å². The van der Waals surface area contributed by atoms with Gasteiger partial charge in [0.15, 0.2) is 11.5 Å². The molecule has 1 N–H and O–H groups in total. The van der Waals surface area contributed by atoms with Gasteiger partial charge in [0.05, 0.1) is 6.42 Å². The molecule has 1 spiro atoms. The smallest absolute Gasteiger partial charge is 0.251 e. The summed E-state index contributed by atoms with van der Waals surface area (Å²) >= 11 is 0. The molecule has 4 nitrogen and oxygen atoms in total. The Hall–Kier alpha value is -2.49. The third kappa shape index (κ3) is 2.89. The van der Waals surface area contributed by atoms with Crippen LogP contribution < -0.4 is 14.8 Å². The average molecular weight is 309 g/mol. The summed E-state index contributed by atoms with van der Waals surface area (Å²) in [4.78, 5) is 12.1. The van der Waals surface area contributed by atoms with E-state index in [0.717, 1.165) is 48.4 Å². The van der Waals surface area contributed by atoms with Crippen molar-refractivity contribution in [2.75, 3.05) is 5.32 Å². The van der Waals surface area contributed by atoms with Crippen LogP contribution in [0.5, 0.6) is 11.5 Å². The minimum Gasteiger partial charge on any atom is -0.448 e. The van der Waals surface area contributed by atoms with E-state index in [1.54, 1.807) is 0 Å². The number of fused-ring (bicyclic) bond motifs is 1. The zero-order valence-electron chi connectivity index (χ0n) is 12.9. The van der Waals surface area contributed by atoms with E-state index in [0.29, 0.717) is 6.42 Å². The van der Waals surface area contributed by atoms with Gasteiger partial charge in [-0.05, 0) is 30.5 Å². The number of hydrogen-bond donors (Lipinski definition) is 1. The van der Waals surface area contributed by atoms with E-state index in [1.807, 2.05) is 48.5 Å². The maximum absolute atomic E-state index is 12.1. The minimum absolute atomic E-state index is 0.0364. The molecular weight excluding hydrogens is 290 g/mol. The fraction of sp³-hybridized carbons (Fsp3) is 0.316. The second kappa shape index (κ2) is 5.61. The SMILES string of the molecule is O=C(Cc1ccccc1)Nc1ccc2c(c1)OC1(CCCC1)O2. The summed E-state index contributed by atoms with van der Waals surface area (Å²) in [7, 11) is 0. The van der Waals surface area contributed by atoms with Crippen molar-refractivity contribution in [1.82, 2.24) is 0 Å². The summed E-state index contributed by atoms with van der Waals surface area (Å²) in [5.74, 6) is 0.998. The first-order chi connectivity index (χ1) is 11.2. The van der Waals surface area contributed by atoms with E-state index in [2.05, 4.69) is 5.32 Å². The molecule has 0 saturated heterocycles. The topological polar surface area (TPSA) is 47.6 Å². The number of ether oxygens (including phenoxy) is 2. The van der Waals surface area contributed by atoms with E-state index in [9.17, 15) is 4.79 Å². The molecule has 2 aromatic rings. The van der Waals surface area contributed by atoms with Gasteiger partial charge in [0.1, 0.15) is 0 Å². The molecule has 1 saturated carbocycles. The predicted octanol–water partition coefficient (Wildman–Crippen LogP) is 3.91. The Bertz CT molecular complexity index is 721. The Morgan fingerprint density at radius 3 is 2.52 bits per heavy atom. The van der Waals surface area contributed by atoms with Crippen LogP contribution in [0.25, 0.3) is 0 Å². The number of rotatable bonds is 3. The summed E-state index contributed by atoms with van der Waals surface area (Å²) in [6.45, 7) is 0. The number of benzene rings is 2. The van der Waals surface area contributed by atoms with Crippen molar-refractivity contribution in [2.24, 2.45) is 0 Å². The maximum Gasteiger partial charge on any atom is 0.251 e. The molecule has 4 heteroatoms. The highest BCUT2D eigenvalue weighted by Gasteiger charge is 2.44. The van der Waals surface area contributed by atoms with Gasteiger partial charge in [-0.1, -0.05) is 30.3 Å². The molecule has 1 heterocycles. The number of hydrogen-bond acceptors (Lipinski definition) is 3. The van der Waals surface area contributed by atoms with Crippen LogP contribution in [0.1, 0.15) is 31.2 Å². The molecule has 0 aromatic heterocycles. The molecule has 1 aliphatic heterocycles. The van der Waals surface area contributed by atoms with Crippen molar-refractivity contribution in [2.45, 2.75) is 37.9 Å². The Morgan fingerprint density at radius 1 is 1.00 bits per heavy atom. The lowest BCUT2D eigenvalue weighted by molar-refractivity contribution is -0.115. The Labute approximate surface area is 135 Å². The number of amides is 1. The fourth-order valence-corrected chi connectivity index (χ4v) is 3.28. The summed E-state index contributed by atoms with van der Waals surface area (Å²) in [6, 6.07) is 15.3. The molecule has 2 aliphatic rings. The van der Waals surface area contributed by atoms with Crippen molar-refractivity contribution >= 4 is 11.6 Å². The van der Waals surface area contributed by atoms with Crippen LogP contribution in [0.3, 0.4) is 0 Å². The standard InChI is InChI=1S/C19H19NO3/c21-18(12-14-6-2-1-3-7-14)20-15-8-9-16-17(13-15)23-19(22-16)10-4-5-11-19/h1-3,6-9,13H,4-5,10-12H2,(H,20,21). The van der Waals surface area contributed by atoms with E-state index < -0.39 is 5.79 Å². The molecule has 2 aromatic carbocycles. The first-order valence-corrected chi connectivity index (χ1v) is 8.08. The Kier molecular flexibility index (Phi) is 3.45. The summed E-state index contributed by atoms with van der Waals surface area (Å²) in [5.41, 5.74) is 1.74. The molecule has 4 rings (SSSR count). The average Bonchev–Trinajstić information content (AvgIpc) is 3.14. The monoisotopic (exact) mass is 309 g/mol. The van der Waals surface area contributed by atoms with E-state index in [1.165, 1.54) is 0 Å². The second-order valence-corrected chi connectivity index (χ2v) is 6.19. The molecule has 1 amide bonds. The number of carbonyl (C=O) groups excluding carboxylic acids is 1. The lowest BCUT2D eigenvalue weighted by Gasteiger charge is -2.21. The van der Waals surface area contributed by atoms with Crippen LogP contribution in [0, 0.1) is 0 Å². The van der Waals surface area contributed by atoms with Crippen molar-refractivity contribution in [1.29, 1.82) is 0 Å². The minimum atomic E-state index is -0.463. The highest BCUT2D eigenvalue weighted by molar-refractivity contribution is 5.92. The Balaban J connectivity index is 1.44. The molecule has 1 aliphatic carbocycles. The third-order valence-electron chi connectivity index (χ3n) is 4.39. The van der Waals surface area contributed by atoms with Crippen molar-refractivity contribution in [3.05, 3.63) is 54.1 Å². The molecule has 23 heavy (non-hydrogen) atoms. The lowest BCUT2D eigenvalue weighted by atomic mass is 10.1. The van der Waals surface area contributed by atoms with Crippen molar-refractivity contribution < 1.29 is 14.3 Å². The van der Waals surface area contributed by atoms with Gasteiger partial charge in [-0.2, -0.15) is 0 Å². The normalized spacial score (nSPS) is 17.4. The largest absolute Gasteiger partial charge is 0.448 e. The molecule has 0 radical (unpaired) electrons. The van der Waals surface area contributed by atoms with Gasteiger partial charge in [0.2, 0.25) is 5.91 Å². The zero-order chi connectivity index (χ0) is 15.7. The molecular formula is C19H19NO3. The number of carbonyl (C=O) groups is 1. The van der Waals surface area contributed by atoms with Gasteiger partial charge in [-0.25, -0.2) is 0 Å². The molecule has 0 atom stereocenters. The van der Waals surface area contributed by atoms with Gasteiger partial charge in [0, 0.05) is 24.6 Å². The van der Waals surface area contributed by atoms with Crippen LogP contribution in [0.4, 0.5) is 5.69 Å². The fourth-order valence-electron chi connectivity index (χ4n) is 3.28. The first kappa shape index (κ1) is 14.1. The zero-order valence-corrected chi connectivity index (χ0v) is 12.9. The highest BCUT2D eigenvalue weighted by Crippen LogP contribution is 2.47. The van der Waals surface area contributed by atoms with Crippen LogP contribution in [-0.4, -0.2) is 11.7 Å². The van der Waals surface area contributed by atoms with Gasteiger partial charge < -0.3 is 14.8 Å².